The first-order valence-corrected chi connectivity index (χ1v) is 11.4. The minimum atomic E-state index is -0.174. The lowest BCUT2D eigenvalue weighted by atomic mass is 9.89. The zero-order chi connectivity index (χ0) is 20.8. The fourth-order valence-electron chi connectivity index (χ4n) is 4.77. The van der Waals surface area contributed by atoms with Gasteiger partial charge in [-0.3, -0.25) is 9.59 Å². The molecule has 1 N–H and O–H groups in total. The Morgan fingerprint density at radius 1 is 1.13 bits per heavy atom. The van der Waals surface area contributed by atoms with Crippen LogP contribution in [0.3, 0.4) is 0 Å². The zero-order valence-electron chi connectivity index (χ0n) is 17.6. The number of amides is 2. The van der Waals surface area contributed by atoms with Gasteiger partial charge < -0.3 is 15.0 Å². The number of nitrogens with zero attached hydrogens (tertiary/aromatic N) is 1. The molecule has 0 aromatic heterocycles. The number of fused-ring (bicyclic) bond motifs is 1. The van der Waals surface area contributed by atoms with Crippen molar-refractivity contribution in [3.05, 3.63) is 53.3 Å². The van der Waals surface area contributed by atoms with Crippen LogP contribution in [0.15, 0.2) is 47.7 Å². The molecule has 30 heavy (non-hydrogen) atoms. The highest BCUT2D eigenvalue weighted by atomic mass is 16.5. The lowest BCUT2D eigenvalue weighted by Crippen LogP contribution is -2.57. The van der Waals surface area contributed by atoms with E-state index in [0.717, 1.165) is 50.5 Å². The van der Waals surface area contributed by atoms with Crippen molar-refractivity contribution in [1.29, 1.82) is 0 Å². The van der Waals surface area contributed by atoms with Crippen molar-refractivity contribution in [3.8, 4) is 0 Å². The van der Waals surface area contributed by atoms with Gasteiger partial charge in [0.1, 0.15) is 12.6 Å². The molecule has 1 aromatic carbocycles. The second-order valence-corrected chi connectivity index (χ2v) is 8.57. The number of allylic oxidation sites excluding steroid dienone is 1. The second kappa shape index (κ2) is 9.96. The molecule has 5 heteroatoms. The normalized spacial score (nSPS) is 25.3. The first-order valence-electron chi connectivity index (χ1n) is 11.4. The highest BCUT2D eigenvalue weighted by Crippen LogP contribution is 2.33. The molecule has 5 nitrogen and oxygen atoms in total. The van der Waals surface area contributed by atoms with Crippen LogP contribution < -0.4 is 5.32 Å². The van der Waals surface area contributed by atoms with Gasteiger partial charge in [0.15, 0.2) is 5.76 Å². The third-order valence-corrected chi connectivity index (χ3v) is 6.38. The number of carbonyl (C=O) groups is 2. The number of morpholine rings is 1. The van der Waals surface area contributed by atoms with E-state index in [1.165, 1.54) is 18.4 Å². The first kappa shape index (κ1) is 20.7. The lowest BCUT2D eigenvalue weighted by molar-refractivity contribution is -0.151. The Balaban J connectivity index is 1.41. The minimum Gasteiger partial charge on any atom is -0.482 e. The summed E-state index contributed by atoms with van der Waals surface area (Å²) in [5, 5.41) is 3.02. The number of ether oxygens (including phenoxy) is 1. The van der Waals surface area contributed by atoms with Crippen molar-refractivity contribution in [2.75, 3.05) is 13.1 Å². The standard InChI is InChI=1S/C25H32N2O3/c28-24(26-16-15-19-9-3-1-4-10-19)18-27-21-13-7-8-14-22(21)30-23(25(27)29)17-20-11-5-2-6-12-20/h2,5-6,9,11-12,17,21-22H,1,3-4,7-8,10,13-16,18H2,(H,26,28)/b23-17+. The van der Waals surface area contributed by atoms with Crippen molar-refractivity contribution in [2.24, 2.45) is 0 Å². The number of benzene rings is 1. The van der Waals surface area contributed by atoms with Gasteiger partial charge in [-0.25, -0.2) is 0 Å². The van der Waals surface area contributed by atoms with Crippen molar-refractivity contribution in [3.63, 3.8) is 0 Å². The molecule has 0 spiro atoms. The molecule has 1 saturated carbocycles. The van der Waals surface area contributed by atoms with Crippen LogP contribution in [0.2, 0.25) is 0 Å². The van der Waals surface area contributed by atoms with Crippen LogP contribution in [0.1, 0.15) is 63.4 Å². The Kier molecular flexibility index (Phi) is 6.88. The lowest BCUT2D eigenvalue weighted by Gasteiger charge is -2.44. The Morgan fingerprint density at radius 2 is 1.97 bits per heavy atom. The number of hydrogen-bond donors (Lipinski definition) is 1. The Hall–Kier alpha value is -2.56. The average molecular weight is 409 g/mol. The quantitative estimate of drug-likeness (QED) is 0.567. The van der Waals surface area contributed by atoms with Gasteiger partial charge in [-0.2, -0.15) is 0 Å². The summed E-state index contributed by atoms with van der Waals surface area (Å²) in [6.07, 6.45) is 13.8. The third kappa shape index (κ3) is 5.13. The van der Waals surface area contributed by atoms with E-state index in [0.29, 0.717) is 12.3 Å². The Morgan fingerprint density at radius 3 is 2.77 bits per heavy atom. The van der Waals surface area contributed by atoms with E-state index in [9.17, 15) is 9.59 Å². The Bertz CT molecular complexity index is 815. The van der Waals surface area contributed by atoms with Crippen LogP contribution in [-0.2, 0) is 14.3 Å². The van der Waals surface area contributed by atoms with Crippen LogP contribution >= 0.6 is 0 Å². The number of carbonyl (C=O) groups excluding carboxylic acids is 2. The monoisotopic (exact) mass is 408 g/mol. The molecule has 1 aliphatic heterocycles. The van der Waals surface area contributed by atoms with Crippen molar-refractivity contribution >= 4 is 17.9 Å². The summed E-state index contributed by atoms with van der Waals surface area (Å²) < 4.78 is 6.11. The van der Waals surface area contributed by atoms with Crippen LogP contribution in [0.4, 0.5) is 0 Å². The van der Waals surface area contributed by atoms with Crippen molar-refractivity contribution < 1.29 is 14.3 Å². The molecular formula is C25H32N2O3. The van der Waals surface area contributed by atoms with E-state index in [2.05, 4.69) is 11.4 Å². The van der Waals surface area contributed by atoms with Gasteiger partial charge in [-0.05, 0) is 63.0 Å². The molecule has 2 atom stereocenters. The van der Waals surface area contributed by atoms with Crippen LogP contribution in [0.25, 0.3) is 6.08 Å². The van der Waals surface area contributed by atoms with Gasteiger partial charge in [0.2, 0.25) is 5.91 Å². The molecule has 2 amide bonds. The largest absolute Gasteiger partial charge is 0.482 e. The maximum absolute atomic E-state index is 13.2. The molecule has 0 bridgehead atoms. The number of hydrogen-bond acceptors (Lipinski definition) is 3. The molecule has 2 fully saturated rings. The first-order chi connectivity index (χ1) is 14.7. The third-order valence-electron chi connectivity index (χ3n) is 6.38. The minimum absolute atomic E-state index is 0.00836. The smallest absolute Gasteiger partial charge is 0.289 e. The highest BCUT2D eigenvalue weighted by Gasteiger charge is 2.42. The van der Waals surface area contributed by atoms with Gasteiger partial charge in [-0.1, -0.05) is 48.4 Å². The van der Waals surface area contributed by atoms with E-state index in [4.69, 9.17) is 4.74 Å². The van der Waals surface area contributed by atoms with E-state index in [1.807, 2.05) is 30.3 Å². The van der Waals surface area contributed by atoms with Crippen LogP contribution in [-0.4, -0.2) is 41.9 Å². The molecule has 2 aliphatic carbocycles. The molecule has 160 valence electrons. The molecule has 3 aliphatic rings. The summed E-state index contributed by atoms with van der Waals surface area (Å²) in [5.74, 6) is 0.0988. The molecular weight excluding hydrogens is 376 g/mol. The predicted molar refractivity (Wildman–Crippen MR) is 117 cm³/mol. The van der Waals surface area contributed by atoms with Gasteiger partial charge in [0.05, 0.1) is 6.04 Å². The molecule has 0 radical (unpaired) electrons. The fraction of sp³-hybridized carbons (Fsp3) is 0.520. The molecule has 1 aromatic rings. The Labute approximate surface area is 179 Å². The van der Waals surface area contributed by atoms with E-state index in [1.54, 1.807) is 11.0 Å². The SMILES string of the molecule is O=C(CN1C(=O)/C(=C\c2ccccc2)OC2CCCCC21)NCCC1=CCCCC1. The number of rotatable bonds is 6. The molecule has 1 saturated heterocycles. The maximum Gasteiger partial charge on any atom is 0.289 e. The van der Waals surface area contributed by atoms with Gasteiger partial charge in [-0.15, -0.1) is 0 Å². The number of nitrogens with one attached hydrogen (secondary N) is 1. The van der Waals surface area contributed by atoms with Gasteiger partial charge >= 0.3 is 0 Å². The molecule has 1 heterocycles. The topological polar surface area (TPSA) is 58.6 Å². The van der Waals surface area contributed by atoms with E-state index < -0.39 is 0 Å². The highest BCUT2D eigenvalue weighted by molar-refractivity contribution is 5.98. The fourth-order valence-corrected chi connectivity index (χ4v) is 4.77. The maximum atomic E-state index is 13.2. The van der Waals surface area contributed by atoms with Crippen molar-refractivity contribution in [1.82, 2.24) is 10.2 Å². The molecule has 4 rings (SSSR count). The van der Waals surface area contributed by atoms with E-state index in [-0.39, 0.29) is 30.5 Å². The van der Waals surface area contributed by atoms with E-state index >= 15 is 0 Å². The summed E-state index contributed by atoms with van der Waals surface area (Å²) in [7, 11) is 0. The average Bonchev–Trinajstić information content (AvgIpc) is 2.78. The van der Waals surface area contributed by atoms with Crippen molar-refractivity contribution in [2.45, 2.75) is 69.9 Å². The predicted octanol–water partition coefficient (Wildman–Crippen LogP) is 4.20. The summed E-state index contributed by atoms with van der Waals surface area (Å²) in [6, 6.07) is 9.72. The van der Waals surface area contributed by atoms with Crippen LogP contribution in [0.5, 0.6) is 0 Å². The van der Waals surface area contributed by atoms with Crippen LogP contribution in [0, 0.1) is 0 Å². The summed E-state index contributed by atoms with van der Waals surface area (Å²) in [5.41, 5.74) is 2.38. The van der Waals surface area contributed by atoms with Gasteiger partial charge in [0.25, 0.3) is 5.91 Å². The zero-order valence-corrected chi connectivity index (χ0v) is 17.6. The summed E-state index contributed by atoms with van der Waals surface area (Å²) in [6.45, 7) is 0.749. The molecule has 2 unspecified atom stereocenters. The second-order valence-electron chi connectivity index (χ2n) is 8.57. The van der Waals surface area contributed by atoms with Gasteiger partial charge in [0, 0.05) is 6.54 Å². The summed E-state index contributed by atoms with van der Waals surface area (Å²) >= 11 is 0. The summed E-state index contributed by atoms with van der Waals surface area (Å²) in [4.78, 5) is 27.6.